The molecule has 3 aromatic carbocycles. The van der Waals surface area contributed by atoms with Crippen molar-refractivity contribution in [1.29, 1.82) is 0 Å². The summed E-state index contributed by atoms with van der Waals surface area (Å²) in [5, 5.41) is 13.9. The summed E-state index contributed by atoms with van der Waals surface area (Å²) >= 11 is 0. The first-order valence-corrected chi connectivity index (χ1v) is 9.79. The number of nitrogens with one attached hydrogen (secondary N) is 1. The Balaban J connectivity index is 1.92. The number of aryl methyl sites for hydroxylation is 1. The number of anilines is 1. The first-order chi connectivity index (χ1) is 15.8. The number of rotatable bonds is 7. The molecule has 1 atom stereocenters. The summed E-state index contributed by atoms with van der Waals surface area (Å²) in [6.07, 6.45) is -1.35. The van der Waals surface area contributed by atoms with E-state index in [1.54, 1.807) is 42.5 Å². The molecule has 168 valence electrons. The smallest absolute Gasteiger partial charge is 0.339 e. The Labute approximate surface area is 189 Å². The molecule has 0 aliphatic rings. The van der Waals surface area contributed by atoms with E-state index in [-0.39, 0.29) is 11.1 Å². The van der Waals surface area contributed by atoms with Gasteiger partial charge in [0.1, 0.15) is 0 Å². The molecule has 0 aliphatic carbocycles. The van der Waals surface area contributed by atoms with Gasteiger partial charge >= 0.3 is 11.9 Å². The van der Waals surface area contributed by atoms with Crippen LogP contribution in [0.25, 0.3) is 0 Å². The van der Waals surface area contributed by atoms with Crippen LogP contribution in [0, 0.1) is 17.0 Å². The molecule has 0 bridgehead atoms. The summed E-state index contributed by atoms with van der Waals surface area (Å²) < 4.78 is 10.0. The predicted octanol–water partition coefficient (Wildman–Crippen LogP) is 4.23. The van der Waals surface area contributed by atoms with Gasteiger partial charge in [-0.25, -0.2) is 9.59 Å². The second-order valence-corrected chi connectivity index (χ2v) is 7.07. The van der Waals surface area contributed by atoms with Crippen LogP contribution in [-0.4, -0.2) is 29.9 Å². The van der Waals surface area contributed by atoms with Gasteiger partial charge in [0.25, 0.3) is 11.6 Å². The fourth-order valence-electron chi connectivity index (χ4n) is 2.99. The minimum atomic E-state index is -1.35. The molecule has 0 heterocycles. The Morgan fingerprint density at radius 1 is 0.909 bits per heavy atom. The van der Waals surface area contributed by atoms with Crippen LogP contribution < -0.4 is 5.32 Å². The standard InChI is InChI=1S/C24H20N2O7/c1-15-8-10-19(11-9-15)25-22(27)21(16-6-4-3-5-7-16)33-24(29)18-12-17(23(28)32-2)13-20(14-18)26(30)31/h3-14,21H,1-2H3,(H,25,27). The van der Waals surface area contributed by atoms with Gasteiger partial charge in [-0.2, -0.15) is 0 Å². The van der Waals surface area contributed by atoms with Crippen molar-refractivity contribution in [3.8, 4) is 0 Å². The van der Waals surface area contributed by atoms with Gasteiger partial charge in [-0.1, -0.05) is 48.0 Å². The van der Waals surface area contributed by atoms with Gasteiger partial charge in [-0.3, -0.25) is 14.9 Å². The molecule has 1 amide bonds. The van der Waals surface area contributed by atoms with Gasteiger partial charge in [-0.05, 0) is 25.1 Å². The Bertz CT molecular complexity index is 1190. The minimum Gasteiger partial charge on any atom is -0.465 e. The number of benzene rings is 3. The van der Waals surface area contributed by atoms with E-state index in [0.717, 1.165) is 30.9 Å². The lowest BCUT2D eigenvalue weighted by Crippen LogP contribution is -2.26. The third kappa shape index (κ3) is 5.79. The topological polar surface area (TPSA) is 125 Å². The molecule has 1 unspecified atom stereocenters. The van der Waals surface area contributed by atoms with E-state index in [0.29, 0.717) is 11.3 Å². The maximum absolute atomic E-state index is 13.0. The lowest BCUT2D eigenvalue weighted by Gasteiger charge is -2.18. The van der Waals surface area contributed by atoms with E-state index in [1.165, 1.54) is 0 Å². The van der Waals surface area contributed by atoms with Crippen LogP contribution >= 0.6 is 0 Å². The number of amides is 1. The zero-order chi connectivity index (χ0) is 24.0. The monoisotopic (exact) mass is 448 g/mol. The summed E-state index contributed by atoms with van der Waals surface area (Å²) in [5.41, 5.74) is 0.948. The van der Waals surface area contributed by atoms with Crippen LogP contribution in [0.15, 0.2) is 72.8 Å². The fourth-order valence-corrected chi connectivity index (χ4v) is 2.99. The first kappa shape index (κ1) is 23.1. The van der Waals surface area contributed by atoms with Crippen molar-refractivity contribution in [3.05, 3.63) is 105 Å². The van der Waals surface area contributed by atoms with Crippen molar-refractivity contribution in [2.24, 2.45) is 0 Å². The molecule has 1 N–H and O–H groups in total. The second-order valence-electron chi connectivity index (χ2n) is 7.07. The van der Waals surface area contributed by atoms with Crippen molar-refractivity contribution < 1.29 is 28.8 Å². The van der Waals surface area contributed by atoms with E-state index in [9.17, 15) is 24.5 Å². The van der Waals surface area contributed by atoms with Crippen molar-refractivity contribution >= 4 is 29.2 Å². The van der Waals surface area contributed by atoms with E-state index in [2.05, 4.69) is 10.1 Å². The lowest BCUT2D eigenvalue weighted by molar-refractivity contribution is -0.384. The molecule has 0 aromatic heterocycles. The van der Waals surface area contributed by atoms with Crippen LogP contribution in [0.3, 0.4) is 0 Å². The lowest BCUT2D eigenvalue weighted by atomic mass is 10.1. The Morgan fingerprint density at radius 2 is 1.52 bits per heavy atom. The number of hydrogen-bond donors (Lipinski definition) is 1. The second kappa shape index (κ2) is 10.2. The summed E-state index contributed by atoms with van der Waals surface area (Å²) in [7, 11) is 1.11. The maximum Gasteiger partial charge on any atom is 0.339 e. The van der Waals surface area contributed by atoms with Crippen LogP contribution in [0.5, 0.6) is 0 Å². The SMILES string of the molecule is COC(=O)c1cc(C(=O)OC(C(=O)Nc2ccc(C)cc2)c2ccccc2)cc([N+](=O)[O-])c1. The summed E-state index contributed by atoms with van der Waals surface area (Å²) in [6.45, 7) is 1.90. The Morgan fingerprint density at radius 3 is 2.09 bits per heavy atom. The third-order valence-electron chi connectivity index (χ3n) is 4.67. The quantitative estimate of drug-likeness (QED) is 0.326. The normalized spacial score (nSPS) is 11.2. The predicted molar refractivity (Wildman–Crippen MR) is 119 cm³/mol. The van der Waals surface area contributed by atoms with Crippen LogP contribution in [-0.2, 0) is 14.3 Å². The number of methoxy groups -OCH3 is 1. The van der Waals surface area contributed by atoms with Gasteiger partial charge in [0.2, 0.25) is 6.10 Å². The number of nitrogens with zero attached hydrogens (tertiary/aromatic N) is 1. The first-order valence-electron chi connectivity index (χ1n) is 9.79. The third-order valence-corrected chi connectivity index (χ3v) is 4.67. The molecule has 0 saturated heterocycles. The van der Waals surface area contributed by atoms with Crippen molar-refractivity contribution in [3.63, 3.8) is 0 Å². The van der Waals surface area contributed by atoms with Gasteiger partial charge in [0, 0.05) is 23.4 Å². The molecule has 0 spiro atoms. The van der Waals surface area contributed by atoms with Gasteiger partial charge in [0.15, 0.2) is 0 Å². The number of carbonyl (C=O) groups is 3. The van der Waals surface area contributed by atoms with Crippen molar-refractivity contribution in [2.75, 3.05) is 12.4 Å². The van der Waals surface area contributed by atoms with E-state index in [1.807, 2.05) is 19.1 Å². The molecular weight excluding hydrogens is 428 g/mol. The maximum atomic E-state index is 13.0. The summed E-state index contributed by atoms with van der Waals surface area (Å²) in [5.74, 6) is -2.49. The molecule has 9 nitrogen and oxygen atoms in total. The average Bonchev–Trinajstić information content (AvgIpc) is 2.83. The zero-order valence-electron chi connectivity index (χ0n) is 17.8. The highest BCUT2D eigenvalue weighted by atomic mass is 16.6. The number of ether oxygens (including phenoxy) is 2. The van der Waals surface area contributed by atoms with Crippen LogP contribution in [0.1, 0.15) is 37.9 Å². The van der Waals surface area contributed by atoms with Crippen LogP contribution in [0.4, 0.5) is 11.4 Å². The number of esters is 2. The number of carbonyl (C=O) groups excluding carboxylic acids is 3. The number of nitro groups is 1. The molecule has 9 heteroatoms. The van der Waals surface area contributed by atoms with Crippen LogP contribution in [0.2, 0.25) is 0 Å². The average molecular weight is 448 g/mol. The molecule has 33 heavy (non-hydrogen) atoms. The van der Waals surface area contributed by atoms with Gasteiger partial charge in [0.05, 0.1) is 23.2 Å². The molecule has 0 aliphatic heterocycles. The molecule has 3 rings (SSSR count). The zero-order valence-corrected chi connectivity index (χ0v) is 17.8. The highest BCUT2D eigenvalue weighted by molar-refractivity contribution is 6.00. The summed E-state index contributed by atoms with van der Waals surface area (Å²) in [4.78, 5) is 48.3. The molecular formula is C24H20N2O7. The number of nitro benzene ring substituents is 1. The number of hydrogen-bond acceptors (Lipinski definition) is 7. The van der Waals surface area contributed by atoms with E-state index < -0.39 is 34.6 Å². The highest BCUT2D eigenvalue weighted by Gasteiger charge is 2.27. The number of non-ortho nitro benzene ring substituents is 1. The summed E-state index contributed by atoms with van der Waals surface area (Å²) in [6, 6.07) is 18.4. The molecule has 0 saturated carbocycles. The van der Waals surface area contributed by atoms with Gasteiger partial charge < -0.3 is 14.8 Å². The molecule has 0 fully saturated rings. The highest BCUT2D eigenvalue weighted by Crippen LogP contribution is 2.24. The largest absolute Gasteiger partial charge is 0.465 e. The minimum absolute atomic E-state index is 0.195. The fraction of sp³-hybridized carbons (Fsp3) is 0.125. The Hall–Kier alpha value is -4.53. The molecule has 3 aromatic rings. The molecule has 0 radical (unpaired) electrons. The van der Waals surface area contributed by atoms with E-state index in [4.69, 9.17) is 4.74 Å². The Kier molecular flexibility index (Phi) is 7.14. The van der Waals surface area contributed by atoms with E-state index >= 15 is 0 Å². The van der Waals surface area contributed by atoms with Crippen molar-refractivity contribution in [1.82, 2.24) is 0 Å². The van der Waals surface area contributed by atoms with Crippen molar-refractivity contribution in [2.45, 2.75) is 13.0 Å². The van der Waals surface area contributed by atoms with Gasteiger partial charge in [-0.15, -0.1) is 0 Å².